The van der Waals surface area contributed by atoms with Crippen LogP contribution >= 0.6 is 0 Å². The quantitative estimate of drug-likeness (QED) is 0.440. The van der Waals surface area contributed by atoms with Crippen LogP contribution in [0, 0.1) is 5.82 Å². The van der Waals surface area contributed by atoms with E-state index in [4.69, 9.17) is 4.74 Å². The predicted molar refractivity (Wildman–Crippen MR) is 137 cm³/mol. The Morgan fingerprint density at radius 1 is 1.14 bits per heavy atom. The van der Waals surface area contributed by atoms with E-state index in [0.29, 0.717) is 17.4 Å². The third-order valence-corrected chi connectivity index (χ3v) is 6.90. The summed E-state index contributed by atoms with van der Waals surface area (Å²) in [7, 11) is 1.93. The fraction of sp³-hybridized carbons (Fsp3) is 0.385. The summed E-state index contributed by atoms with van der Waals surface area (Å²) in [6.07, 6.45) is 3.23. The number of nitrogens with zero attached hydrogens (tertiary/aromatic N) is 6. The normalized spacial score (nSPS) is 19.8. The molecule has 36 heavy (non-hydrogen) atoms. The van der Waals surface area contributed by atoms with Crippen LogP contribution in [0.25, 0.3) is 22.2 Å². The van der Waals surface area contributed by atoms with Crippen molar-refractivity contribution < 1.29 is 9.13 Å². The largest absolute Gasteiger partial charge is 0.373 e. The van der Waals surface area contributed by atoms with E-state index in [1.54, 1.807) is 0 Å². The lowest BCUT2D eigenvalue weighted by Crippen LogP contribution is -2.47. The van der Waals surface area contributed by atoms with Gasteiger partial charge in [-0.2, -0.15) is 5.10 Å². The summed E-state index contributed by atoms with van der Waals surface area (Å²) in [6, 6.07) is 9.95. The minimum atomic E-state index is -0.482. The third-order valence-electron chi connectivity index (χ3n) is 6.90. The highest BCUT2D eigenvalue weighted by atomic mass is 19.1. The van der Waals surface area contributed by atoms with E-state index in [1.165, 1.54) is 6.20 Å². The molecule has 9 nitrogen and oxygen atoms in total. The lowest BCUT2D eigenvalue weighted by Gasteiger charge is -2.25. The van der Waals surface area contributed by atoms with E-state index in [1.807, 2.05) is 48.3 Å². The number of hydrogen-bond acceptors (Lipinski definition) is 8. The number of ether oxygens (including phenoxy) is 1. The van der Waals surface area contributed by atoms with Gasteiger partial charge in [-0.1, -0.05) is 19.9 Å². The molecule has 0 amide bonds. The highest BCUT2D eigenvalue weighted by Crippen LogP contribution is 2.31. The molecule has 2 atom stereocenters. The number of aromatic nitrogens is 5. The lowest BCUT2D eigenvalue weighted by atomic mass is 10.0. The summed E-state index contributed by atoms with van der Waals surface area (Å²) in [4.78, 5) is 15.4. The fourth-order valence-corrected chi connectivity index (χ4v) is 5.25. The zero-order valence-corrected chi connectivity index (χ0v) is 20.6. The molecule has 186 valence electrons. The maximum atomic E-state index is 14.8. The number of hydrogen-bond donors (Lipinski definition) is 2. The lowest BCUT2D eigenvalue weighted by molar-refractivity contribution is 0.0212. The second kappa shape index (κ2) is 9.11. The number of anilines is 3. The first kappa shape index (κ1) is 22.8. The molecule has 0 aliphatic carbocycles. The number of morpholine rings is 1. The van der Waals surface area contributed by atoms with Crippen molar-refractivity contribution in [3.8, 4) is 11.3 Å². The van der Waals surface area contributed by atoms with Crippen LogP contribution in [-0.2, 0) is 11.8 Å². The molecule has 6 rings (SSSR count). The Labute approximate surface area is 208 Å². The summed E-state index contributed by atoms with van der Waals surface area (Å²) in [6.45, 7) is 7.63. The summed E-state index contributed by atoms with van der Waals surface area (Å²) >= 11 is 0. The Morgan fingerprint density at radius 2 is 2.03 bits per heavy atom. The van der Waals surface area contributed by atoms with Crippen LogP contribution in [-0.4, -0.2) is 63.1 Å². The maximum Gasteiger partial charge on any atom is 0.229 e. The van der Waals surface area contributed by atoms with Gasteiger partial charge in [-0.15, -0.1) is 0 Å². The van der Waals surface area contributed by atoms with E-state index in [-0.39, 0.29) is 23.7 Å². The first-order chi connectivity index (χ1) is 17.5. The zero-order valence-electron chi connectivity index (χ0n) is 20.6. The number of rotatable bonds is 5. The van der Waals surface area contributed by atoms with Crippen molar-refractivity contribution in [1.29, 1.82) is 0 Å². The third kappa shape index (κ3) is 4.16. The van der Waals surface area contributed by atoms with Gasteiger partial charge in [0.25, 0.3) is 0 Å². The van der Waals surface area contributed by atoms with Gasteiger partial charge in [-0.25, -0.2) is 19.3 Å². The monoisotopic (exact) mass is 488 g/mol. The van der Waals surface area contributed by atoms with Gasteiger partial charge in [-0.3, -0.25) is 4.68 Å². The summed E-state index contributed by atoms with van der Waals surface area (Å²) in [5, 5.41) is 12.2. The molecule has 0 spiro atoms. The van der Waals surface area contributed by atoms with E-state index in [2.05, 4.69) is 49.4 Å². The molecule has 0 saturated carbocycles. The van der Waals surface area contributed by atoms with Crippen LogP contribution in [0.2, 0.25) is 0 Å². The minimum Gasteiger partial charge on any atom is -0.373 e. The molecule has 10 heteroatoms. The Hall–Kier alpha value is -3.63. The smallest absolute Gasteiger partial charge is 0.229 e. The minimum absolute atomic E-state index is 0.213. The molecule has 2 aliphatic heterocycles. The first-order valence-corrected chi connectivity index (χ1v) is 12.3. The molecule has 4 aromatic rings. The van der Waals surface area contributed by atoms with E-state index in [0.717, 1.165) is 48.5 Å². The number of fused-ring (bicyclic) bond motifs is 2. The second-order valence-corrected chi connectivity index (χ2v) is 9.69. The number of halogens is 1. The predicted octanol–water partition coefficient (Wildman–Crippen LogP) is 3.61. The van der Waals surface area contributed by atoms with E-state index >= 15 is 0 Å². The van der Waals surface area contributed by atoms with E-state index in [9.17, 15) is 4.39 Å². The molecular weight excluding hydrogens is 459 g/mol. The summed E-state index contributed by atoms with van der Waals surface area (Å²) in [5.41, 5.74) is 3.92. The van der Waals surface area contributed by atoms with Crippen LogP contribution in [0.5, 0.6) is 0 Å². The van der Waals surface area contributed by atoms with Crippen molar-refractivity contribution in [2.75, 3.05) is 36.5 Å². The molecule has 2 aliphatic rings. The van der Waals surface area contributed by atoms with Gasteiger partial charge in [0.05, 0.1) is 42.4 Å². The molecule has 2 unspecified atom stereocenters. The van der Waals surface area contributed by atoms with Gasteiger partial charge < -0.3 is 20.3 Å². The average Bonchev–Trinajstić information content (AvgIpc) is 3.45. The van der Waals surface area contributed by atoms with Crippen molar-refractivity contribution in [2.45, 2.75) is 31.9 Å². The van der Waals surface area contributed by atoms with Crippen molar-refractivity contribution in [2.24, 2.45) is 7.05 Å². The molecule has 2 N–H and O–H groups in total. The SMILES string of the molecule is CC(C)c1c2cc(-c3nc(Nc4ccc(N5CC6NCCOC6C5)cn4)ncc3F)ccc2nn1C. The Bertz CT molecular complexity index is 1390. The summed E-state index contributed by atoms with van der Waals surface area (Å²) < 4.78 is 22.6. The molecule has 2 saturated heterocycles. The Morgan fingerprint density at radius 3 is 2.81 bits per heavy atom. The van der Waals surface area contributed by atoms with Crippen molar-refractivity contribution in [3.05, 3.63) is 54.2 Å². The molecule has 3 aromatic heterocycles. The Balaban J connectivity index is 1.23. The molecule has 5 heterocycles. The van der Waals surface area contributed by atoms with E-state index < -0.39 is 5.82 Å². The Kier molecular flexibility index (Phi) is 5.77. The van der Waals surface area contributed by atoms with Crippen LogP contribution < -0.4 is 15.5 Å². The van der Waals surface area contributed by atoms with Gasteiger partial charge >= 0.3 is 0 Å². The topological polar surface area (TPSA) is 93.0 Å². The summed E-state index contributed by atoms with van der Waals surface area (Å²) in [5.74, 6) is 0.675. The number of benzene rings is 1. The van der Waals surface area contributed by atoms with Crippen LogP contribution in [0.1, 0.15) is 25.5 Å². The van der Waals surface area contributed by atoms with Crippen LogP contribution in [0.4, 0.5) is 21.8 Å². The first-order valence-electron chi connectivity index (χ1n) is 12.3. The highest BCUT2D eigenvalue weighted by Gasteiger charge is 2.35. The van der Waals surface area contributed by atoms with Crippen molar-refractivity contribution >= 4 is 28.4 Å². The molecule has 0 radical (unpaired) electrons. The maximum absolute atomic E-state index is 14.8. The van der Waals surface area contributed by atoms with Gasteiger partial charge in [0, 0.05) is 43.3 Å². The second-order valence-electron chi connectivity index (χ2n) is 9.69. The molecular formula is C26H29FN8O. The molecule has 2 fully saturated rings. The standard InChI is InChI=1S/C26H29FN8O/c1-15(2)25-18-10-16(4-6-20(18)33-34(25)3)24-19(27)12-30-26(32-24)31-23-7-5-17(11-29-23)35-13-21-22(14-35)36-9-8-28-21/h4-7,10-12,15,21-22,28H,8-9,13-14H2,1-3H3,(H,29,30,31,32). The number of aryl methyl sites for hydroxylation is 1. The van der Waals surface area contributed by atoms with Gasteiger partial charge in [0.2, 0.25) is 5.95 Å². The highest BCUT2D eigenvalue weighted by molar-refractivity contribution is 5.86. The fourth-order valence-electron chi connectivity index (χ4n) is 5.25. The zero-order chi connectivity index (χ0) is 24.8. The molecule has 0 bridgehead atoms. The number of nitrogens with one attached hydrogen (secondary N) is 2. The van der Waals surface area contributed by atoms with Gasteiger partial charge in [0.1, 0.15) is 11.5 Å². The van der Waals surface area contributed by atoms with Gasteiger partial charge in [0.15, 0.2) is 5.82 Å². The van der Waals surface area contributed by atoms with Crippen molar-refractivity contribution in [3.63, 3.8) is 0 Å². The molecule has 1 aromatic carbocycles. The average molecular weight is 489 g/mol. The van der Waals surface area contributed by atoms with Crippen molar-refractivity contribution in [1.82, 2.24) is 30.0 Å². The van der Waals surface area contributed by atoms with Gasteiger partial charge in [-0.05, 0) is 30.2 Å². The number of pyridine rings is 1. The van der Waals surface area contributed by atoms with Crippen LogP contribution in [0.3, 0.4) is 0 Å². The van der Waals surface area contributed by atoms with Crippen LogP contribution in [0.15, 0.2) is 42.7 Å².